The lowest BCUT2D eigenvalue weighted by Crippen LogP contribution is -2.43. The first-order chi connectivity index (χ1) is 11.8. The van der Waals surface area contributed by atoms with Crippen molar-refractivity contribution >= 4 is 11.9 Å². The molecule has 1 aromatic rings. The molecular formula is C20H33N3O2. The number of anilines is 1. The van der Waals surface area contributed by atoms with Crippen molar-refractivity contribution in [2.45, 2.75) is 78.5 Å². The molecule has 140 valence electrons. The largest absolute Gasteiger partial charge is 0.443 e. The van der Waals surface area contributed by atoms with Gasteiger partial charge in [0, 0.05) is 23.8 Å². The van der Waals surface area contributed by atoms with Crippen LogP contribution in [0, 0.1) is 0 Å². The van der Waals surface area contributed by atoms with Crippen LogP contribution in [0.4, 0.5) is 10.6 Å². The highest BCUT2D eigenvalue weighted by Gasteiger charge is 2.33. The lowest BCUT2D eigenvalue weighted by Gasteiger charge is -2.33. The number of rotatable bonds is 5. The monoisotopic (exact) mass is 347 g/mol. The average molecular weight is 348 g/mol. The Bertz CT molecular complexity index is 583. The predicted molar refractivity (Wildman–Crippen MR) is 102 cm³/mol. The third kappa shape index (κ3) is 4.72. The molecule has 25 heavy (non-hydrogen) atoms. The number of pyridine rings is 1. The van der Waals surface area contributed by atoms with Crippen molar-refractivity contribution in [2.24, 2.45) is 0 Å². The zero-order chi connectivity index (χ0) is 18.6. The molecule has 0 bridgehead atoms. The molecule has 0 aliphatic carbocycles. The summed E-state index contributed by atoms with van der Waals surface area (Å²) < 4.78 is 5.68. The summed E-state index contributed by atoms with van der Waals surface area (Å²) in [6.07, 6.45) is 4.59. The topological polar surface area (TPSA) is 45.7 Å². The number of hydrogen-bond donors (Lipinski definition) is 0. The molecule has 0 N–H and O–H groups in total. The van der Waals surface area contributed by atoms with E-state index in [-0.39, 0.29) is 12.1 Å². The molecule has 0 spiro atoms. The van der Waals surface area contributed by atoms with Crippen molar-refractivity contribution in [3.63, 3.8) is 0 Å². The molecule has 2 atom stereocenters. The van der Waals surface area contributed by atoms with Gasteiger partial charge in [-0.3, -0.25) is 9.80 Å². The molecule has 5 heteroatoms. The van der Waals surface area contributed by atoms with Crippen LogP contribution in [0.25, 0.3) is 0 Å². The summed E-state index contributed by atoms with van der Waals surface area (Å²) in [6, 6.07) is 4.43. The molecule has 5 nitrogen and oxygen atoms in total. The van der Waals surface area contributed by atoms with Crippen LogP contribution in [-0.4, -0.2) is 40.7 Å². The molecule has 1 aliphatic rings. The quantitative estimate of drug-likeness (QED) is 0.769. The minimum atomic E-state index is -0.527. The normalized spacial score (nSPS) is 19.7. The number of hydrogen-bond acceptors (Lipinski definition) is 4. The van der Waals surface area contributed by atoms with Crippen LogP contribution in [0.5, 0.6) is 0 Å². The van der Waals surface area contributed by atoms with E-state index in [4.69, 9.17) is 4.74 Å². The van der Waals surface area contributed by atoms with Crippen LogP contribution >= 0.6 is 0 Å². The summed E-state index contributed by atoms with van der Waals surface area (Å²) >= 11 is 0. The number of aromatic nitrogens is 1. The van der Waals surface area contributed by atoms with Gasteiger partial charge in [0.15, 0.2) is 0 Å². The van der Waals surface area contributed by atoms with Crippen LogP contribution in [-0.2, 0) is 4.74 Å². The van der Waals surface area contributed by atoms with Gasteiger partial charge in [-0.15, -0.1) is 0 Å². The summed E-state index contributed by atoms with van der Waals surface area (Å²) in [5.74, 6) is 0.747. The number of nitrogens with zero attached hydrogens (tertiary/aromatic N) is 3. The van der Waals surface area contributed by atoms with Crippen molar-refractivity contribution in [2.75, 3.05) is 18.0 Å². The molecule has 0 saturated carbocycles. The second-order valence-electron chi connectivity index (χ2n) is 7.81. The van der Waals surface area contributed by atoms with E-state index in [0.717, 1.165) is 37.3 Å². The molecule has 1 saturated heterocycles. The lowest BCUT2D eigenvalue weighted by atomic mass is 10.0. The first-order valence-electron chi connectivity index (χ1n) is 9.49. The first kappa shape index (κ1) is 19.7. The van der Waals surface area contributed by atoms with Crippen LogP contribution in [0.15, 0.2) is 18.3 Å². The van der Waals surface area contributed by atoms with E-state index in [9.17, 15) is 4.79 Å². The highest BCUT2D eigenvalue weighted by atomic mass is 16.6. The van der Waals surface area contributed by atoms with Gasteiger partial charge in [0.25, 0.3) is 0 Å². The number of amides is 1. The van der Waals surface area contributed by atoms with Gasteiger partial charge in [-0.2, -0.15) is 0 Å². The highest BCUT2D eigenvalue weighted by molar-refractivity contribution is 5.88. The molecule has 2 rings (SSSR count). The van der Waals surface area contributed by atoms with Crippen molar-refractivity contribution in [3.8, 4) is 0 Å². The van der Waals surface area contributed by atoms with Crippen LogP contribution in [0.2, 0.25) is 0 Å². The van der Waals surface area contributed by atoms with Crippen molar-refractivity contribution in [1.82, 2.24) is 9.88 Å². The number of carbonyl (C=O) groups is 1. The van der Waals surface area contributed by atoms with Crippen molar-refractivity contribution in [1.29, 1.82) is 0 Å². The zero-order valence-electron chi connectivity index (χ0n) is 16.6. The van der Waals surface area contributed by atoms with Crippen molar-refractivity contribution < 1.29 is 9.53 Å². The van der Waals surface area contributed by atoms with E-state index >= 15 is 0 Å². The fourth-order valence-electron chi connectivity index (χ4n) is 3.40. The van der Waals surface area contributed by atoms with Gasteiger partial charge < -0.3 is 4.74 Å². The molecule has 1 aliphatic heterocycles. The molecule has 0 radical (unpaired) electrons. The summed E-state index contributed by atoms with van der Waals surface area (Å²) in [7, 11) is 0. The van der Waals surface area contributed by atoms with Gasteiger partial charge in [0.1, 0.15) is 11.4 Å². The number of likely N-dealkylation sites (tertiary alicyclic amines) is 1. The fourth-order valence-corrected chi connectivity index (χ4v) is 3.40. The SMILES string of the molecule is CC[C@@H](C)N(C(=O)OC(C)(C)C)c1ncccc1[C@@H]1CCCN1CC. The van der Waals surface area contributed by atoms with Crippen molar-refractivity contribution in [3.05, 3.63) is 23.9 Å². The Balaban J connectivity index is 2.42. The molecule has 2 heterocycles. The smallest absolute Gasteiger partial charge is 0.416 e. The van der Waals surface area contributed by atoms with Crippen LogP contribution in [0.3, 0.4) is 0 Å². The van der Waals surface area contributed by atoms with E-state index in [1.165, 1.54) is 6.42 Å². The average Bonchev–Trinajstić information content (AvgIpc) is 3.02. The maximum Gasteiger partial charge on any atom is 0.416 e. The van der Waals surface area contributed by atoms with E-state index in [2.05, 4.69) is 36.7 Å². The Morgan fingerprint density at radius 2 is 2.16 bits per heavy atom. The molecule has 1 aromatic heterocycles. The highest BCUT2D eigenvalue weighted by Crippen LogP contribution is 2.37. The summed E-state index contributed by atoms with van der Waals surface area (Å²) in [6.45, 7) is 14.1. The van der Waals surface area contributed by atoms with Gasteiger partial charge in [-0.1, -0.05) is 19.9 Å². The summed E-state index contributed by atoms with van der Waals surface area (Å²) in [5.41, 5.74) is 0.605. The number of ether oxygens (including phenoxy) is 1. The van der Waals surface area contributed by atoms with Gasteiger partial charge in [-0.25, -0.2) is 9.78 Å². The fraction of sp³-hybridized carbons (Fsp3) is 0.700. The number of carbonyl (C=O) groups excluding carboxylic acids is 1. The Hall–Kier alpha value is -1.62. The van der Waals surface area contributed by atoms with E-state index in [1.54, 1.807) is 11.1 Å². The maximum atomic E-state index is 12.9. The van der Waals surface area contributed by atoms with Crippen LogP contribution < -0.4 is 4.90 Å². The predicted octanol–water partition coefficient (Wildman–Crippen LogP) is 4.78. The van der Waals surface area contributed by atoms with E-state index in [1.807, 2.05) is 26.8 Å². The summed E-state index contributed by atoms with van der Waals surface area (Å²) in [4.78, 5) is 21.7. The Morgan fingerprint density at radius 3 is 2.76 bits per heavy atom. The zero-order valence-corrected chi connectivity index (χ0v) is 16.6. The van der Waals surface area contributed by atoms with Gasteiger partial charge >= 0.3 is 6.09 Å². The Labute approximate surface area is 152 Å². The Kier molecular flexibility index (Phi) is 6.44. The molecule has 1 amide bonds. The van der Waals surface area contributed by atoms with Crippen LogP contribution in [0.1, 0.15) is 72.4 Å². The molecule has 1 fully saturated rings. The van der Waals surface area contributed by atoms with Gasteiger partial charge in [0.05, 0.1) is 0 Å². The minimum Gasteiger partial charge on any atom is -0.443 e. The first-order valence-corrected chi connectivity index (χ1v) is 9.49. The Morgan fingerprint density at radius 1 is 1.44 bits per heavy atom. The van der Waals surface area contributed by atoms with Gasteiger partial charge in [0.2, 0.25) is 0 Å². The molecule has 0 aromatic carbocycles. The van der Waals surface area contributed by atoms with Gasteiger partial charge in [-0.05, 0) is 66.1 Å². The second-order valence-corrected chi connectivity index (χ2v) is 7.81. The third-order valence-corrected chi connectivity index (χ3v) is 4.80. The van der Waals surface area contributed by atoms with E-state index < -0.39 is 5.60 Å². The molecular weight excluding hydrogens is 314 g/mol. The second kappa shape index (κ2) is 8.17. The minimum absolute atomic E-state index is 0.0278. The van der Waals surface area contributed by atoms with E-state index in [0.29, 0.717) is 6.04 Å². The third-order valence-electron chi connectivity index (χ3n) is 4.80. The lowest BCUT2D eigenvalue weighted by molar-refractivity contribution is 0.0565. The summed E-state index contributed by atoms with van der Waals surface area (Å²) in [5, 5.41) is 0. The standard InChI is InChI=1S/C20H33N3O2/c1-7-15(3)23(19(24)25-20(4,5)6)18-16(11-9-13-21-18)17-12-10-14-22(17)8-2/h9,11,13,15,17H,7-8,10,12,14H2,1-6H3/t15-,17+/m1/s1. The maximum absolute atomic E-state index is 12.9. The molecule has 0 unspecified atom stereocenters.